The van der Waals surface area contributed by atoms with Gasteiger partial charge in [0.1, 0.15) is 6.61 Å². The van der Waals surface area contributed by atoms with Crippen molar-refractivity contribution in [2.75, 3.05) is 6.61 Å². The first-order valence-corrected chi connectivity index (χ1v) is 11.2. The highest BCUT2D eigenvalue weighted by molar-refractivity contribution is 6.30. The predicted octanol–water partition coefficient (Wildman–Crippen LogP) is 5.63. The van der Waals surface area contributed by atoms with Crippen LogP contribution in [0.1, 0.15) is 25.0 Å². The Morgan fingerprint density at radius 3 is 2.21 bits per heavy atom. The third-order valence-corrected chi connectivity index (χ3v) is 5.24. The van der Waals surface area contributed by atoms with Gasteiger partial charge in [-0.25, -0.2) is 9.59 Å². The highest BCUT2D eigenvalue weighted by atomic mass is 35.5. The van der Waals surface area contributed by atoms with Gasteiger partial charge >= 0.3 is 11.9 Å². The van der Waals surface area contributed by atoms with Crippen LogP contribution in [-0.4, -0.2) is 30.8 Å². The van der Waals surface area contributed by atoms with Crippen molar-refractivity contribution in [1.82, 2.24) is 0 Å². The summed E-state index contributed by atoms with van der Waals surface area (Å²) in [7, 11) is 0. The number of carbonyl (C=O) groups excluding carboxylic acids is 2. The maximum atomic E-state index is 12.8. The molecule has 0 aromatic heterocycles. The van der Waals surface area contributed by atoms with E-state index >= 15 is 0 Å². The van der Waals surface area contributed by atoms with Gasteiger partial charge in [-0.05, 0) is 48.2 Å². The Balaban J connectivity index is 1.72. The highest BCUT2D eigenvalue weighted by Gasteiger charge is 2.27. The van der Waals surface area contributed by atoms with Crippen LogP contribution in [0.5, 0.6) is 0 Å². The molecule has 2 atom stereocenters. The number of carbonyl (C=O) groups is 2. The van der Waals surface area contributed by atoms with Gasteiger partial charge in [0, 0.05) is 11.4 Å². The molecule has 0 radical (unpaired) electrons. The number of hydrogen-bond donors (Lipinski definition) is 0. The fraction of sp³-hybridized carbons (Fsp3) is 0.259. The molecule has 6 heteroatoms. The van der Waals surface area contributed by atoms with Crippen LogP contribution in [-0.2, 0) is 36.8 Å². The monoisotopic (exact) mass is 466 g/mol. The summed E-state index contributed by atoms with van der Waals surface area (Å²) in [6.07, 6.45) is -1.59. The van der Waals surface area contributed by atoms with Crippen LogP contribution in [0.25, 0.3) is 11.1 Å². The number of rotatable bonds is 10. The van der Waals surface area contributed by atoms with E-state index in [2.05, 4.69) is 0 Å². The molecule has 33 heavy (non-hydrogen) atoms. The van der Waals surface area contributed by atoms with E-state index in [0.717, 1.165) is 22.3 Å². The van der Waals surface area contributed by atoms with Gasteiger partial charge in [-0.1, -0.05) is 78.3 Å². The van der Waals surface area contributed by atoms with Crippen LogP contribution < -0.4 is 0 Å². The summed E-state index contributed by atoms with van der Waals surface area (Å²) in [5.74, 6) is -1.05. The summed E-state index contributed by atoms with van der Waals surface area (Å²) in [6, 6.07) is 24.8. The Hall–Kier alpha value is -3.15. The van der Waals surface area contributed by atoms with E-state index in [4.69, 9.17) is 25.8 Å². The van der Waals surface area contributed by atoms with Gasteiger partial charge in [0.05, 0.1) is 6.61 Å². The van der Waals surface area contributed by atoms with Gasteiger partial charge in [0.15, 0.2) is 12.2 Å². The van der Waals surface area contributed by atoms with E-state index in [-0.39, 0.29) is 19.6 Å². The topological polar surface area (TPSA) is 61.8 Å². The zero-order chi connectivity index (χ0) is 23.6. The molecule has 0 unspecified atom stereocenters. The second-order valence-electron chi connectivity index (χ2n) is 7.52. The summed E-state index contributed by atoms with van der Waals surface area (Å²) >= 11 is 6.09. The Morgan fingerprint density at radius 2 is 1.55 bits per heavy atom. The van der Waals surface area contributed by atoms with Crippen molar-refractivity contribution in [1.29, 1.82) is 0 Å². The molecule has 0 heterocycles. The minimum absolute atomic E-state index is 0.126. The van der Waals surface area contributed by atoms with Gasteiger partial charge in [0.25, 0.3) is 0 Å². The van der Waals surface area contributed by atoms with Gasteiger partial charge in [-0.2, -0.15) is 0 Å². The van der Waals surface area contributed by atoms with Crippen molar-refractivity contribution >= 4 is 23.5 Å². The van der Waals surface area contributed by atoms with Crippen molar-refractivity contribution in [3.63, 3.8) is 0 Å². The van der Waals surface area contributed by atoms with Crippen LogP contribution in [0, 0.1) is 0 Å². The number of halogens is 1. The standard InChI is InChI=1S/C27H27ClO5/c1-3-31-26(29)19(2)33-25(27(30)32-18-21-8-5-4-6-9-21)16-20-12-14-22(15-13-20)23-10-7-11-24(28)17-23/h4-15,17,19,25H,3,16,18H2,1-2H3/t19-,25-/m0/s1. The molecular weight excluding hydrogens is 440 g/mol. The number of hydrogen-bond acceptors (Lipinski definition) is 5. The zero-order valence-electron chi connectivity index (χ0n) is 18.7. The molecule has 0 saturated carbocycles. The SMILES string of the molecule is CCOC(=O)[C@H](C)O[C@@H](Cc1ccc(-c2cccc(Cl)c2)cc1)C(=O)OCc1ccccc1. The summed E-state index contributed by atoms with van der Waals surface area (Å²) in [4.78, 5) is 24.9. The quantitative estimate of drug-likeness (QED) is 0.362. The third kappa shape index (κ3) is 7.45. The average Bonchev–Trinajstić information content (AvgIpc) is 2.83. The first kappa shape index (κ1) is 24.5. The first-order valence-electron chi connectivity index (χ1n) is 10.8. The summed E-state index contributed by atoms with van der Waals surface area (Å²) in [6.45, 7) is 3.65. The van der Waals surface area contributed by atoms with Crippen molar-refractivity contribution in [2.45, 2.75) is 39.1 Å². The molecule has 3 aromatic rings. The maximum absolute atomic E-state index is 12.8. The largest absolute Gasteiger partial charge is 0.464 e. The molecule has 3 aromatic carbocycles. The summed E-state index contributed by atoms with van der Waals surface area (Å²) in [5.41, 5.74) is 3.75. The Kier molecular flexibility index (Phi) is 9.04. The highest BCUT2D eigenvalue weighted by Crippen LogP contribution is 2.24. The van der Waals surface area contributed by atoms with Gasteiger partial charge in [0.2, 0.25) is 0 Å². The number of benzene rings is 3. The Labute approximate surface area is 199 Å². The average molecular weight is 467 g/mol. The van der Waals surface area contributed by atoms with Gasteiger partial charge in [-0.3, -0.25) is 0 Å². The fourth-order valence-electron chi connectivity index (χ4n) is 3.29. The lowest BCUT2D eigenvalue weighted by molar-refractivity contribution is -0.171. The van der Waals surface area contributed by atoms with E-state index in [1.165, 1.54) is 0 Å². The molecule has 0 amide bonds. The molecule has 0 fully saturated rings. The fourth-order valence-corrected chi connectivity index (χ4v) is 3.48. The van der Waals surface area contributed by atoms with E-state index < -0.39 is 24.1 Å². The number of ether oxygens (including phenoxy) is 3. The summed E-state index contributed by atoms with van der Waals surface area (Å²) in [5, 5.41) is 0.666. The molecule has 172 valence electrons. The third-order valence-electron chi connectivity index (χ3n) is 5.01. The molecule has 0 aliphatic rings. The normalized spacial score (nSPS) is 12.6. The van der Waals surface area contributed by atoms with Crippen LogP contribution in [0.4, 0.5) is 0 Å². The van der Waals surface area contributed by atoms with Crippen LogP contribution in [0.15, 0.2) is 78.9 Å². The van der Waals surface area contributed by atoms with Crippen LogP contribution >= 0.6 is 11.6 Å². The molecule has 0 bridgehead atoms. The molecule has 0 spiro atoms. The molecule has 0 aliphatic carbocycles. The molecule has 0 N–H and O–H groups in total. The van der Waals surface area contributed by atoms with Crippen LogP contribution in [0.3, 0.4) is 0 Å². The van der Waals surface area contributed by atoms with E-state index in [1.54, 1.807) is 13.8 Å². The Morgan fingerprint density at radius 1 is 0.818 bits per heavy atom. The molecule has 5 nitrogen and oxygen atoms in total. The van der Waals surface area contributed by atoms with Gasteiger partial charge in [-0.15, -0.1) is 0 Å². The Bertz CT molecular complexity index is 1050. The lowest BCUT2D eigenvalue weighted by Crippen LogP contribution is -2.36. The zero-order valence-corrected chi connectivity index (χ0v) is 19.5. The van der Waals surface area contributed by atoms with Crippen molar-refractivity contribution < 1.29 is 23.8 Å². The molecule has 0 saturated heterocycles. The second-order valence-corrected chi connectivity index (χ2v) is 7.96. The van der Waals surface area contributed by atoms with Crippen molar-refractivity contribution in [3.8, 4) is 11.1 Å². The second kappa shape index (κ2) is 12.2. The minimum Gasteiger partial charge on any atom is -0.464 e. The molecule has 0 aliphatic heterocycles. The molecular formula is C27H27ClO5. The lowest BCUT2D eigenvalue weighted by atomic mass is 10.0. The van der Waals surface area contributed by atoms with Crippen LogP contribution in [0.2, 0.25) is 5.02 Å². The van der Waals surface area contributed by atoms with Crippen molar-refractivity contribution in [2.24, 2.45) is 0 Å². The van der Waals surface area contributed by atoms with E-state index in [9.17, 15) is 9.59 Å². The first-order chi connectivity index (χ1) is 16.0. The molecule has 3 rings (SSSR count). The summed E-state index contributed by atoms with van der Waals surface area (Å²) < 4.78 is 16.3. The minimum atomic E-state index is -0.954. The number of esters is 2. The van der Waals surface area contributed by atoms with Gasteiger partial charge < -0.3 is 14.2 Å². The lowest BCUT2D eigenvalue weighted by Gasteiger charge is -2.21. The maximum Gasteiger partial charge on any atom is 0.335 e. The smallest absolute Gasteiger partial charge is 0.335 e. The predicted molar refractivity (Wildman–Crippen MR) is 128 cm³/mol. The van der Waals surface area contributed by atoms with E-state index in [1.807, 2.05) is 78.9 Å². The van der Waals surface area contributed by atoms with Crippen molar-refractivity contribution in [3.05, 3.63) is 95.0 Å². The van der Waals surface area contributed by atoms with E-state index in [0.29, 0.717) is 5.02 Å².